The maximum absolute atomic E-state index is 10.8. The molecule has 11 heavy (non-hydrogen) atoms. The molecule has 0 heterocycles. The molecule has 0 bridgehead atoms. The van der Waals surface area contributed by atoms with E-state index in [2.05, 4.69) is 11.9 Å². The van der Waals surface area contributed by atoms with Crippen LogP contribution < -0.4 is 5.32 Å². The van der Waals surface area contributed by atoms with E-state index in [1.807, 2.05) is 6.92 Å². The average Bonchev–Trinajstić information content (AvgIpc) is 1.97. The van der Waals surface area contributed by atoms with Gasteiger partial charge < -0.3 is 10.1 Å². The van der Waals surface area contributed by atoms with Gasteiger partial charge >= 0.3 is 0 Å². The number of hydrogen-bond acceptors (Lipinski definition) is 2. The molecule has 0 aromatic rings. The lowest BCUT2D eigenvalue weighted by molar-refractivity contribution is -0.117. The largest absolute Gasteiger partial charge is 0.380 e. The lowest BCUT2D eigenvalue weighted by Crippen LogP contribution is -2.27. The van der Waals surface area contributed by atoms with E-state index in [4.69, 9.17) is 4.74 Å². The summed E-state index contributed by atoms with van der Waals surface area (Å²) in [6.45, 7) is 8.90. The molecule has 0 spiro atoms. The molecular weight excluding hydrogens is 142 g/mol. The average molecular weight is 157 g/mol. The summed E-state index contributed by atoms with van der Waals surface area (Å²) in [5.74, 6) is -0.107. The third kappa shape index (κ3) is 5.61. The Labute approximate surface area is 67.4 Å². The van der Waals surface area contributed by atoms with Gasteiger partial charge in [0.1, 0.15) is 0 Å². The normalized spacial score (nSPS) is 9.27. The van der Waals surface area contributed by atoms with Gasteiger partial charge in [0.05, 0.1) is 6.61 Å². The zero-order chi connectivity index (χ0) is 8.69. The molecule has 0 aliphatic rings. The Morgan fingerprint density at radius 1 is 1.64 bits per heavy atom. The van der Waals surface area contributed by atoms with E-state index in [1.54, 1.807) is 6.92 Å². The van der Waals surface area contributed by atoms with Gasteiger partial charge in [-0.1, -0.05) is 6.58 Å². The molecule has 0 radical (unpaired) electrons. The smallest absolute Gasteiger partial charge is 0.246 e. The summed E-state index contributed by atoms with van der Waals surface area (Å²) < 4.78 is 5.02. The maximum Gasteiger partial charge on any atom is 0.246 e. The van der Waals surface area contributed by atoms with E-state index >= 15 is 0 Å². The minimum Gasteiger partial charge on any atom is -0.380 e. The molecular formula is C8H15NO2. The van der Waals surface area contributed by atoms with E-state index in [-0.39, 0.29) is 5.91 Å². The Morgan fingerprint density at radius 3 is 2.73 bits per heavy atom. The van der Waals surface area contributed by atoms with E-state index in [9.17, 15) is 4.79 Å². The third-order valence-electron chi connectivity index (χ3n) is 1.12. The van der Waals surface area contributed by atoms with Crippen LogP contribution in [0, 0.1) is 0 Å². The first-order valence-electron chi connectivity index (χ1n) is 3.70. The van der Waals surface area contributed by atoms with Gasteiger partial charge in [0.2, 0.25) is 5.91 Å². The van der Waals surface area contributed by atoms with Crippen molar-refractivity contribution in [1.29, 1.82) is 0 Å². The number of carbonyl (C=O) groups is 1. The number of ether oxygens (including phenoxy) is 1. The molecule has 0 fully saturated rings. The van der Waals surface area contributed by atoms with Gasteiger partial charge in [0.15, 0.2) is 0 Å². The summed E-state index contributed by atoms with van der Waals surface area (Å²) in [5.41, 5.74) is 0.529. The topological polar surface area (TPSA) is 38.3 Å². The summed E-state index contributed by atoms with van der Waals surface area (Å²) in [4.78, 5) is 10.8. The molecule has 0 rings (SSSR count). The van der Waals surface area contributed by atoms with Gasteiger partial charge in [-0.05, 0) is 13.8 Å². The van der Waals surface area contributed by atoms with Gasteiger partial charge in [-0.2, -0.15) is 0 Å². The van der Waals surface area contributed by atoms with E-state index in [0.717, 1.165) is 0 Å². The minimum absolute atomic E-state index is 0.107. The number of amides is 1. The van der Waals surface area contributed by atoms with Gasteiger partial charge in [0.25, 0.3) is 0 Å². The second-order valence-corrected chi connectivity index (χ2v) is 2.23. The fourth-order valence-electron chi connectivity index (χ4n) is 0.532. The third-order valence-corrected chi connectivity index (χ3v) is 1.12. The monoisotopic (exact) mass is 157 g/mol. The number of nitrogens with one attached hydrogen (secondary N) is 1. The Balaban J connectivity index is 3.25. The van der Waals surface area contributed by atoms with Gasteiger partial charge in [-0.3, -0.25) is 4.79 Å². The van der Waals surface area contributed by atoms with Crippen molar-refractivity contribution in [2.75, 3.05) is 19.8 Å². The number of rotatable bonds is 5. The van der Waals surface area contributed by atoms with Crippen LogP contribution in [-0.4, -0.2) is 25.7 Å². The molecule has 3 heteroatoms. The molecule has 0 saturated heterocycles. The van der Waals surface area contributed by atoms with Crippen LogP contribution in [0.2, 0.25) is 0 Å². The first-order valence-corrected chi connectivity index (χ1v) is 3.70. The van der Waals surface area contributed by atoms with Crippen molar-refractivity contribution < 1.29 is 9.53 Å². The van der Waals surface area contributed by atoms with Crippen molar-refractivity contribution in [3.05, 3.63) is 12.2 Å². The van der Waals surface area contributed by atoms with Crippen LogP contribution in [0.25, 0.3) is 0 Å². The molecule has 1 N–H and O–H groups in total. The Morgan fingerprint density at radius 2 is 2.27 bits per heavy atom. The van der Waals surface area contributed by atoms with Crippen molar-refractivity contribution in [2.45, 2.75) is 13.8 Å². The zero-order valence-corrected chi connectivity index (χ0v) is 7.14. The molecule has 1 amide bonds. The Hall–Kier alpha value is -0.830. The fourth-order valence-corrected chi connectivity index (χ4v) is 0.532. The van der Waals surface area contributed by atoms with Crippen molar-refractivity contribution in [3.8, 4) is 0 Å². The molecule has 3 nitrogen and oxygen atoms in total. The highest BCUT2D eigenvalue weighted by Gasteiger charge is 1.98. The Kier molecular flexibility index (Phi) is 5.47. The number of carbonyl (C=O) groups excluding carboxylic acids is 1. The van der Waals surface area contributed by atoms with Gasteiger partial charge in [-0.15, -0.1) is 0 Å². The van der Waals surface area contributed by atoms with Crippen molar-refractivity contribution in [2.24, 2.45) is 0 Å². The second-order valence-electron chi connectivity index (χ2n) is 2.23. The molecule has 64 valence electrons. The summed E-state index contributed by atoms with van der Waals surface area (Å²) in [6.07, 6.45) is 0. The lowest BCUT2D eigenvalue weighted by atomic mass is 10.3. The quantitative estimate of drug-likeness (QED) is 0.471. The van der Waals surface area contributed by atoms with Gasteiger partial charge in [-0.25, -0.2) is 0 Å². The molecule has 0 atom stereocenters. The molecule has 0 aliphatic heterocycles. The minimum atomic E-state index is -0.107. The second kappa shape index (κ2) is 5.92. The predicted octanol–water partition coefficient (Wildman–Crippen LogP) is 0.715. The van der Waals surface area contributed by atoms with Crippen LogP contribution in [0.3, 0.4) is 0 Å². The van der Waals surface area contributed by atoms with Crippen LogP contribution in [0.4, 0.5) is 0 Å². The highest BCUT2D eigenvalue weighted by Crippen LogP contribution is 1.84. The van der Waals surface area contributed by atoms with Gasteiger partial charge in [0, 0.05) is 18.7 Å². The van der Waals surface area contributed by atoms with E-state index in [1.165, 1.54) is 0 Å². The van der Waals surface area contributed by atoms with E-state index < -0.39 is 0 Å². The van der Waals surface area contributed by atoms with Crippen molar-refractivity contribution in [1.82, 2.24) is 5.32 Å². The highest BCUT2D eigenvalue weighted by atomic mass is 16.5. The van der Waals surface area contributed by atoms with E-state index in [0.29, 0.717) is 25.3 Å². The summed E-state index contributed by atoms with van der Waals surface area (Å²) in [6, 6.07) is 0. The predicted molar refractivity (Wildman–Crippen MR) is 44.3 cm³/mol. The van der Waals surface area contributed by atoms with Crippen LogP contribution in [0.15, 0.2) is 12.2 Å². The van der Waals surface area contributed by atoms with Crippen molar-refractivity contribution in [3.63, 3.8) is 0 Å². The molecule has 0 aromatic heterocycles. The maximum atomic E-state index is 10.8. The molecule has 0 saturated carbocycles. The lowest BCUT2D eigenvalue weighted by Gasteiger charge is -2.03. The van der Waals surface area contributed by atoms with Crippen LogP contribution in [0.5, 0.6) is 0 Å². The van der Waals surface area contributed by atoms with Crippen LogP contribution >= 0.6 is 0 Å². The van der Waals surface area contributed by atoms with Crippen LogP contribution in [0.1, 0.15) is 13.8 Å². The molecule has 0 aromatic carbocycles. The highest BCUT2D eigenvalue weighted by molar-refractivity contribution is 5.91. The Bertz CT molecular complexity index is 143. The molecule has 0 aliphatic carbocycles. The molecule has 0 unspecified atom stereocenters. The zero-order valence-electron chi connectivity index (χ0n) is 7.14. The first kappa shape index (κ1) is 10.2. The van der Waals surface area contributed by atoms with Crippen LogP contribution in [-0.2, 0) is 9.53 Å². The fraction of sp³-hybridized carbons (Fsp3) is 0.625. The van der Waals surface area contributed by atoms with Crippen molar-refractivity contribution >= 4 is 5.91 Å². The standard InChI is InChI=1S/C8H15NO2/c1-4-11-6-5-9-8(10)7(2)3/h2,4-6H2,1,3H3,(H,9,10). The summed E-state index contributed by atoms with van der Waals surface area (Å²) in [5, 5.41) is 2.65. The summed E-state index contributed by atoms with van der Waals surface area (Å²) >= 11 is 0. The number of hydrogen-bond donors (Lipinski definition) is 1. The summed E-state index contributed by atoms with van der Waals surface area (Å²) in [7, 11) is 0. The first-order chi connectivity index (χ1) is 5.18. The SMILES string of the molecule is C=C(C)C(=O)NCCOCC.